The minimum Gasteiger partial charge on any atom is -0.466 e. The maximum atomic E-state index is 12.3. The van der Waals surface area contributed by atoms with E-state index in [4.69, 9.17) is 4.42 Å². The lowest BCUT2D eigenvalue weighted by atomic mass is 9.99. The standard InChI is InChI=1S/C13H21NO2/c1-7-13(4,5)14(6)12(15)11-8-9(2)16-10(11)3/h8H,7H2,1-6H3. The molecule has 0 N–H and O–H groups in total. The fraction of sp³-hybridized carbons (Fsp3) is 0.615. The molecule has 0 bridgehead atoms. The molecule has 1 aromatic heterocycles. The predicted molar refractivity (Wildman–Crippen MR) is 64.6 cm³/mol. The zero-order valence-corrected chi connectivity index (χ0v) is 11.0. The van der Waals surface area contributed by atoms with Crippen LogP contribution in [0.2, 0.25) is 0 Å². The summed E-state index contributed by atoms with van der Waals surface area (Å²) in [6, 6.07) is 1.81. The topological polar surface area (TPSA) is 33.5 Å². The van der Waals surface area contributed by atoms with E-state index in [1.165, 1.54) is 0 Å². The summed E-state index contributed by atoms with van der Waals surface area (Å²) in [5.74, 6) is 1.51. The second kappa shape index (κ2) is 4.32. The quantitative estimate of drug-likeness (QED) is 0.788. The normalized spacial score (nSPS) is 11.6. The molecular weight excluding hydrogens is 202 g/mol. The minimum atomic E-state index is -0.130. The SMILES string of the molecule is CCC(C)(C)N(C)C(=O)c1cc(C)oc1C. The van der Waals surface area contributed by atoms with Crippen LogP contribution in [0.5, 0.6) is 0 Å². The third-order valence-electron chi connectivity index (χ3n) is 3.35. The van der Waals surface area contributed by atoms with E-state index in [1.54, 1.807) is 11.0 Å². The van der Waals surface area contributed by atoms with Crippen molar-refractivity contribution in [2.45, 2.75) is 46.6 Å². The number of aryl methyl sites for hydroxylation is 2. The highest BCUT2D eigenvalue weighted by Crippen LogP contribution is 2.22. The van der Waals surface area contributed by atoms with Gasteiger partial charge in [-0.15, -0.1) is 0 Å². The van der Waals surface area contributed by atoms with Crippen LogP contribution in [0.15, 0.2) is 10.5 Å². The number of carbonyl (C=O) groups excluding carboxylic acids is 1. The number of furan rings is 1. The van der Waals surface area contributed by atoms with Crippen LogP contribution in [0.3, 0.4) is 0 Å². The fourth-order valence-corrected chi connectivity index (χ4v) is 1.54. The van der Waals surface area contributed by atoms with Crippen LogP contribution >= 0.6 is 0 Å². The van der Waals surface area contributed by atoms with Crippen LogP contribution in [0.25, 0.3) is 0 Å². The van der Waals surface area contributed by atoms with Gasteiger partial charge in [0, 0.05) is 12.6 Å². The molecule has 1 aromatic rings. The van der Waals surface area contributed by atoms with Gasteiger partial charge in [0.1, 0.15) is 11.5 Å². The van der Waals surface area contributed by atoms with E-state index >= 15 is 0 Å². The van der Waals surface area contributed by atoms with Crippen molar-refractivity contribution in [1.29, 1.82) is 0 Å². The van der Waals surface area contributed by atoms with Crippen molar-refractivity contribution in [3.63, 3.8) is 0 Å². The molecule has 0 aliphatic carbocycles. The highest BCUT2D eigenvalue weighted by molar-refractivity contribution is 5.95. The van der Waals surface area contributed by atoms with Gasteiger partial charge >= 0.3 is 0 Å². The Morgan fingerprint density at radius 1 is 1.44 bits per heavy atom. The lowest BCUT2D eigenvalue weighted by molar-refractivity contribution is 0.0618. The van der Waals surface area contributed by atoms with E-state index in [2.05, 4.69) is 20.8 Å². The van der Waals surface area contributed by atoms with Crippen LogP contribution in [0.1, 0.15) is 49.1 Å². The summed E-state index contributed by atoms with van der Waals surface area (Å²) < 4.78 is 5.38. The van der Waals surface area contributed by atoms with Crippen LogP contribution in [-0.2, 0) is 0 Å². The Morgan fingerprint density at radius 3 is 2.38 bits per heavy atom. The predicted octanol–water partition coefficient (Wildman–Crippen LogP) is 3.16. The molecule has 1 rings (SSSR count). The van der Waals surface area contributed by atoms with Crippen LogP contribution in [0.4, 0.5) is 0 Å². The minimum absolute atomic E-state index is 0.0289. The van der Waals surface area contributed by atoms with E-state index in [0.29, 0.717) is 11.3 Å². The number of amides is 1. The first-order chi connectivity index (χ1) is 7.29. The monoisotopic (exact) mass is 223 g/mol. The zero-order valence-electron chi connectivity index (χ0n) is 11.0. The summed E-state index contributed by atoms with van der Waals surface area (Å²) in [5, 5.41) is 0. The maximum absolute atomic E-state index is 12.3. The zero-order chi connectivity index (χ0) is 12.5. The van der Waals surface area contributed by atoms with Crippen LogP contribution in [0, 0.1) is 13.8 Å². The lowest BCUT2D eigenvalue weighted by Crippen LogP contribution is -2.44. The van der Waals surface area contributed by atoms with E-state index in [-0.39, 0.29) is 11.4 Å². The summed E-state index contributed by atoms with van der Waals surface area (Å²) in [4.78, 5) is 14.0. The molecule has 90 valence electrons. The Balaban J connectivity index is 2.99. The molecule has 3 nitrogen and oxygen atoms in total. The van der Waals surface area contributed by atoms with Crippen LogP contribution < -0.4 is 0 Å². The van der Waals surface area contributed by atoms with Gasteiger partial charge in [-0.1, -0.05) is 6.92 Å². The average molecular weight is 223 g/mol. The van der Waals surface area contributed by atoms with Crippen molar-refractivity contribution in [2.75, 3.05) is 7.05 Å². The Kier molecular flexibility index (Phi) is 3.46. The molecule has 0 spiro atoms. The third-order valence-corrected chi connectivity index (χ3v) is 3.35. The second-order valence-corrected chi connectivity index (χ2v) is 4.86. The number of hydrogen-bond donors (Lipinski definition) is 0. The van der Waals surface area contributed by atoms with Crippen molar-refractivity contribution in [2.24, 2.45) is 0 Å². The number of carbonyl (C=O) groups is 1. The molecular formula is C13H21NO2. The van der Waals surface area contributed by atoms with Gasteiger partial charge in [0.15, 0.2) is 0 Å². The molecule has 1 heterocycles. The average Bonchev–Trinajstić information content (AvgIpc) is 2.55. The molecule has 16 heavy (non-hydrogen) atoms. The molecule has 0 saturated heterocycles. The molecule has 0 radical (unpaired) electrons. The smallest absolute Gasteiger partial charge is 0.257 e. The summed E-state index contributed by atoms with van der Waals surface area (Å²) in [7, 11) is 1.84. The maximum Gasteiger partial charge on any atom is 0.257 e. The van der Waals surface area contributed by atoms with Crippen molar-refractivity contribution in [3.05, 3.63) is 23.2 Å². The second-order valence-electron chi connectivity index (χ2n) is 4.86. The van der Waals surface area contributed by atoms with E-state index in [9.17, 15) is 4.79 Å². The Bertz CT molecular complexity index is 391. The van der Waals surface area contributed by atoms with Crippen molar-refractivity contribution < 1.29 is 9.21 Å². The first kappa shape index (κ1) is 12.8. The molecule has 0 unspecified atom stereocenters. The van der Waals surface area contributed by atoms with Crippen molar-refractivity contribution in [1.82, 2.24) is 4.90 Å². The fourth-order valence-electron chi connectivity index (χ4n) is 1.54. The Morgan fingerprint density at radius 2 is 2.00 bits per heavy atom. The summed E-state index contributed by atoms with van der Waals surface area (Å²) >= 11 is 0. The lowest BCUT2D eigenvalue weighted by Gasteiger charge is -2.34. The molecule has 0 fully saturated rings. The van der Waals surface area contributed by atoms with Crippen LogP contribution in [-0.4, -0.2) is 23.4 Å². The molecule has 3 heteroatoms. The summed E-state index contributed by atoms with van der Waals surface area (Å²) in [5.41, 5.74) is 0.538. The van der Waals surface area contributed by atoms with E-state index in [0.717, 1.165) is 12.2 Å². The number of nitrogens with zero attached hydrogens (tertiary/aromatic N) is 1. The largest absolute Gasteiger partial charge is 0.466 e. The van der Waals surface area contributed by atoms with Gasteiger partial charge in [-0.3, -0.25) is 4.79 Å². The molecule has 0 atom stereocenters. The highest BCUT2D eigenvalue weighted by Gasteiger charge is 2.28. The third kappa shape index (κ3) is 2.29. The number of hydrogen-bond acceptors (Lipinski definition) is 2. The van der Waals surface area contributed by atoms with Gasteiger partial charge in [0.2, 0.25) is 0 Å². The summed E-state index contributed by atoms with van der Waals surface area (Å²) in [6.45, 7) is 9.89. The summed E-state index contributed by atoms with van der Waals surface area (Å²) in [6.07, 6.45) is 0.922. The Hall–Kier alpha value is -1.25. The van der Waals surface area contributed by atoms with Gasteiger partial charge in [0.05, 0.1) is 5.56 Å². The molecule has 0 aliphatic heterocycles. The van der Waals surface area contributed by atoms with Crippen molar-refractivity contribution >= 4 is 5.91 Å². The van der Waals surface area contributed by atoms with E-state index < -0.39 is 0 Å². The van der Waals surface area contributed by atoms with Gasteiger partial charge in [-0.25, -0.2) is 0 Å². The number of rotatable bonds is 3. The van der Waals surface area contributed by atoms with Crippen molar-refractivity contribution in [3.8, 4) is 0 Å². The van der Waals surface area contributed by atoms with Gasteiger partial charge < -0.3 is 9.32 Å². The van der Waals surface area contributed by atoms with Gasteiger partial charge in [-0.05, 0) is 40.2 Å². The molecule has 0 aromatic carbocycles. The first-order valence-corrected chi connectivity index (χ1v) is 5.64. The van der Waals surface area contributed by atoms with E-state index in [1.807, 2.05) is 20.9 Å². The highest BCUT2D eigenvalue weighted by atomic mass is 16.3. The molecule has 0 aliphatic rings. The molecule has 0 saturated carbocycles. The Labute approximate surface area is 97.4 Å². The van der Waals surface area contributed by atoms with Gasteiger partial charge in [0.25, 0.3) is 5.91 Å². The van der Waals surface area contributed by atoms with Gasteiger partial charge in [-0.2, -0.15) is 0 Å². The first-order valence-electron chi connectivity index (χ1n) is 5.64. The molecule has 1 amide bonds.